The fourth-order valence-corrected chi connectivity index (χ4v) is 4.32. The lowest BCUT2D eigenvalue weighted by atomic mass is 10.0. The number of imidazole rings is 1. The second-order valence-corrected chi connectivity index (χ2v) is 9.39. The van der Waals surface area contributed by atoms with Crippen molar-refractivity contribution in [2.75, 3.05) is 0 Å². The first kappa shape index (κ1) is 25.5. The zero-order chi connectivity index (χ0) is 26.4. The van der Waals surface area contributed by atoms with E-state index in [9.17, 15) is 14.7 Å². The molecule has 0 saturated heterocycles. The van der Waals surface area contributed by atoms with Gasteiger partial charge in [0.1, 0.15) is 11.9 Å². The lowest BCUT2D eigenvalue weighted by Gasteiger charge is -2.23. The van der Waals surface area contributed by atoms with Crippen molar-refractivity contribution in [3.8, 4) is 28.3 Å². The van der Waals surface area contributed by atoms with Crippen LogP contribution in [0.1, 0.15) is 50.2 Å². The van der Waals surface area contributed by atoms with Crippen LogP contribution in [0.25, 0.3) is 22.3 Å². The van der Waals surface area contributed by atoms with Gasteiger partial charge in [0.2, 0.25) is 5.91 Å². The Balaban J connectivity index is 1.54. The van der Waals surface area contributed by atoms with Crippen molar-refractivity contribution in [1.29, 1.82) is 5.26 Å². The zero-order valence-corrected chi connectivity index (χ0v) is 20.8. The molecule has 188 valence electrons. The number of nitrogens with zero attached hydrogens (tertiary/aromatic N) is 3. The predicted molar refractivity (Wildman–Crippen MR) is 140 cm³/mol. The Labute approximate surface area is 215 Å². The largest absolute Gasteiger partial charge is 0.481 e. The molecule has 0 fully saturated rings. The Bertz CT molecular complexity index is 1380. The number of nitrogens with one attached hydrogen (secondary N) is 2. The summed E-state index contributed by atoms with van der Waals surface area (Å²) in [7, 11) is 0. The minimum atomic E-state index is -1.06. The molecule has 0 bridgehead atoms. The molecule has 3 N–H and O–H groups in total. The molecule has 4 rings (SSSR count). The molecule has 2 unspecified atom stereocenters. The average Bonchev–Trinajstić information content (AvgIpc) is 3.60. The lowest BCUT2D eigenvalue weighted by molar-refractivity contribution is -0.140. The van der Waals surface area contributed by atoms with Crippen LogP contribution in [0.4, 0.5) is 0 Å². The van der Waals surface area contributed by atoms with Crippen molar-refractivity contribution >= 4 is 11.9 Å². The molecule has 0 aliphatic heterocycles. The highest BCUT2D eigenvalue weighted by atomic mass is 16.4. The van der Waals surface area contributed by atoms with E-state index in [0.29, 0.717) is 23.7 Å². The quantitative estimate of drug-likeness (QED) is 0.274. The van der Waals surface area contributed by atoms with Gasteiger partial charge in [0, 0.05) is 24.8 Å². The van der Waals surface area contributed by atoms with Crippen molar-refractivity contribution in [2.45, 2.75) is 38.8 Å². The number of carboxylic acid groups (broad SMARTS) is 1. The van der Waals surface area contributed by atoms with Crippen molar-refractivity contribution in [3.63, 3.8) is 0 Å². The Kier molecular flexibility index (Phi) is 7.84. The molecule has 37 heavy (non-hydrogen) atoms. The number of H-pyrrole nitrogens is 1. The normalized spacial score (nSPS) is 12.6. The first-order valence-electron chi connectivity index (χ1n) is 12.1. The number of nitriles is 1. The van der Waals surface area contributed by atoms with E-state index >= 15 is 0 Å². The van der Waals surface area contributed by atoms with Crippen LogP contribution in [-0.2, 0) is 9.59 Å². The van der Waals surface area contributed by atoms with Gasteiger partial charge in [0.15, 0.2) is 0 Å². The highest BCUT2D eigenvalue weighted by Gasteiger charge is 2.27. The summed E-state index contributed by atoms with van der Waals surface area (Å²) in [6, 6.07) is 18.1. The molecule has 0 radical (unpaired) electrons. The van der Waals surface area contributed by atoms with E-state index in [4.69, 9.17) is 5.26 Å². The predicted octanol–water partition coefficient (Wildman–Crippen LogP) is 5.34. The van der Waals surface area contributed by atoms with E-state index in [1.54, 1.807) is 41.5 Å². The standard InChI is InChI=1S/C29H29N5O3/c1-19(2)15-25(28-31-12-13-32-28)33-29(37)26(16-27(35)36)34-14-11-24(18-34)23-9-7-22(8-10-23)21-5-3-20(17-30)4-6-21/h3-14,18-19,25-26H,15-16H2,1-2H3,(H,31,32)(H,33,37)(H,35,36). The highest BCUT2D eigenvalue weighted by molar-refractivity contribution is 5.85. The molecule has 0 aliphatic rings. The van der Waals surface area contributed by atoms with Crippen LogP contribution >= 0.6 is 0 Å². The number of aliphatic carboxylic acids is 1. The van der Waals surface area contributed by atoms with Crippen LogP contribution in [0.2, 0.25) is 0 Å². The number of rotatable bonds is 10. The molecule has 8 heteroatoms. The monoisotopic (exact) mass is 495 g/mol. The number of carbonyl (C=O) groups excluding carboxylic acids is 1. The summed E-state index contributed by atoms with van der Waals surface area (Å²) >= 11 is 0. The number of aromatic amines is 1. The third-order valence-corrected chi connectivity index (χ3v) is 6.18. The number of hydrogen-bond acceptors (Lipinski definition) is 4. The van der Waals surface area contributed by atoms with Crippen molar-refractivity contribution < 1.29 is 14.7 Å². The maximum absolute atomic E-state index is 13.3. The molecular formula is C29H29N5O3. The topological polar surface area (TPSA) is 124 Å². The minimum absolute atomic E-state index is 0.304. The van der Waals surface area contributed by atoms with Gasteiger partial charge in [-0.3, -0.25) is 9.59 Å². The number of hydrogen-bond donors (Lipinski definition) is 3. The van der Waals surface area contributed by atoms with E-state index in [1.165, 1.54) is 0 Å². The third-order valence-electron chi connectivity index (χ3n) is 6.18. The smallest absolute Gasteiger partial charge is 0.306 e. The number of aromatic nitrogens is 3. The van der Waals surface area contributed by atoms with Gasteiger partial charge in [-0.05, 0) is 52.8 Å². The first-order chi connectivity index (χ1) is 17.8. The van der Waals surface area contributed by atoms with Gasteiger partial charge in [0.05, 0.1) is 24.1 Å². The van der Waals surface area contributed by atoms with Crippen molar-refractivity contribution in [1.82, 2.24) is 19.9 Å². The SMILES string of the molecule is CC(C)CC(NC(=O)C(CC(=O)O)n1ccc(-c2ccc(-c3ccc(C#N)cc3)cc2)c1)c1ncc[nH]1. The summed E-state index contributed by atoms with van der Waals surface area (Å²) in [5.74, 6) is -0.478. The number of carboxylic acids is 1. The molecule has 0 aliphatic carbocycles. The molecule has 0 saturated carbocycles. The van der Waals surface area contributed by atoms with Crippen LogP contribution in [-0.4, -0.2) is 31.5 Å². The molecule has 0 spiro atoms. The van der Waals surface area contributed by atoms with Gasteiger partial charge in [-0.15, -0.1) is 0 Å². The maximum Gasteiger partial charge on any atom is 0.306 e. The summed E-state index contributed by atoms with van der Waals surface area (Å²) in [5.41, 5.74) is 4.46. The third kappa shape index (κ3) is 6.33. The number of amides is 1. The minimum Gasteiger partial charge on any atom is -0.481 e. The van der Waals surface area contributed by atoms with Crippen LogP contribution in [0.3, 0.4) is 0 Å². The molecule has 2 atom stereocenters. The van der Waals surface area contributed by atoms with Gasteiger partial charge < -0.3 is 20.0 Å². The molecule has 2 aromatic carbocycles. The molecule has 1 amide bonds. The first-order valence-corrected chi connectivity index (χ1v) is 12.1. The Morgan fingerprint density at radius 2 is 1.65 bits per heavy atom. The summed E-state index contributed by atoms with van der Waals surface area (Å²) < 4.78 is 1.65. The van der Waals surface area contributed by atoms with Gasteiger partial charge >= 0.3 is 5.97 Å². The van der Waals surface area contributed by atoms with E-state index < -0.39 is 12.0 Å². The molecule has 8 nitrogen and oxygen atoms in total. The van der Waals surface area contributed by atoms with Crippen molar-refractivity contribution in [2.24, 2.45) is 5.92 Å². The Hall–Kier alpha value is -4.64. The number of carbonyl (C=O) groups is 2. The Morgan fingerprint density at radius 3 is 2.19 bits per heavy atom. The van der Waals surface area contributed by atoms with E-state index in [0.717, 1.165) is 22.3 Å². The molecular weight excluding hydrogens is 466 g/mol. The highest BCUT2D eigenvalue weighted by Crippen LogP contribution is 2.28. The van der Waals surface area contributed by atoms with Crippen LogP contribution in [0.15, 0.2) is 79.4 Å². The maximum atomic E-state index is 13.3. The summed E-state index contributed by atoms with van der Waals surface area (Å²) in [4.78, 5) is 32.3. The van der Waals surface area contributed by atoms with E-state index in [2.05, 4.69) is 35.2 Å². The summed E-state index contributed by atoms with van der Waals surface area (Å²) in [5, 5.41) is 21.5. The van der Waals surface area contributed by atoms with Gasteiger partial charge in [0.25, 0.3) is 0 Å². The van der Waals surface area contributed by atoms with E-state index in [-0.39, 0.29) is 18.4 Å². The second kappa shape index (κ2) is 11.4. The fourth-order valence-electron chi connectivity index (χ4n) is 4.32. The van der Waals surface area contributed by atoms with Gasteiger partial charge in [-0.2, -0.15) is 5.26 Å². The fraction of sp³-hybridized carbons (Fsp3) is 0.241. The number of benzene rings is 2. The second-order valence-electron chi connectivity index (χ2n) is 9.39. The Morgan fingerprint density at radius 1 is 1.03 bits per heavy atom. The lowest BCUT2D eigenvalue weighted by Crippen LogP contribution is -2.37. The van der Waals surface area contributed by atoms with Gasteiger partial charge in [-0.1, -0.05) is 50.2 Å². The summed E-state index contributed by atoms with van der Waals surface area (Å²) in [6.45, 7) is 4.11. The van der Waals surface area contributed by atoms with Crippen LogP contribution < -0.4 is 5.32 Å². The molecule has 2 heterocycles. The average molecular weight is 496 g/mol. The van der Waals surface area contributed by atoms with Crippen LogP contribution in [0, 0.1) is 17.2 Å². The van der Waals surface area contributed by atoms with E-state index in [1.807, 2.05) is 42.5 Å². The molecule has 4 aromatic rings. The zero-order valence-electron chi connectivity index (χ0n) is 20.8. The summed E-state index contributed by atoms with van der Waals surface area (Å²) in [6.07, 6.45) is 7.20. The van der Waals surface area contributed by atoms with Crippen LogP contribution in [0.5, 0.6) is 0 Å². The van der Waals surface area contributed by atoms with Gasteiger partial charge in [-0.25, -0.2) is 4.98 Å². The molecule has 2 aromatic heterocycles. The van der Waals surface area contributed by atoms with Crippen molar-refractivity contribution in [3.05, 3.63) is 90.8 Å².